The second-order valence-corrected chi connectivity index (χ2v) is 5.59. The highest BCUT2D eigenvalue weighted by Crippen LogP contribution is 2.17. The second kappa shape index (κ2) is 6.69. The van der Waals surface area contributed by atoms with E-state index in [9.17, 15) is 5.11 Å². The molecule has 17 heavy (non-hydrogen) atoms. The number of hydrogen-bond donors (Lipinski definition) is 2. The Hall–Kier alpha value is -0.160. The van der Waals surface area contributed by atoms with E-state index in [1.54, 1.807) is 0 Å². The molecule has 1 aliphatic heterocycles. The van der Waals surface area contributed by atoms with Crippen LogP contribution in [0.15, 0.2) is 0 Å². The number of nitrogens with zero attached hydrogens (tertiary/aromatic N) is 2. The van der Waals surface area contributed by atoms with Crippen molar-refractivity contribution in [1.82, 2.24) is 15.1 Å². The molecule has 4 nitrogen and oxygen atoms in total. The number of aliphatic hydroxyl groups is 1. The Balaban J connectivity index is 2.40. The molecule has 2 N–H and O–H groups in total. The van der Waals surface area contributed by atoms with Gasteiger partial charge in [-0.25, -0.2) is 0 Å². The van der Waals surface area contributed by atoms with Crippen molar-refractivity contribution < 1.29 is 5.11 Å². The molecule has 0 spiro atoms. The van der Waals surface area contributed by atoms with E-state index in [2.05, 4.69) is 36.0 Å². The van der Waals surface area contributed by atoms with Crippen LogP contribution in [-0.2, 0) is 0 Å². The molecule has 0 aliphatic carbocycles. The maximum atomic E-state index is 9.39. The lowest BCUT2D eigenvalue weighted by molar-refractivity contribution is 0.121. The Kier molecular flexibility index (Phi) is 5.86. The highest BCUT2D eigenvalue weighted by molar-refractivity contribution is 4.87. The second-order valence-electron chi connectivity index (χ2n) is 5.59. The molecule has 1 rings (SSSR count). The Morgan fingerprint density at radius 3 is 2.76 bits per heavy atom. The van der Waals surface area contributed by atoms with Gasteiger partial charge in [-0.05, 0) is 47.0 Å². The first kappa shape index (κ1) is 14.9. The van der Waals surface area contributed by atoms with Crippen molar-refractivity contribution in [2.45, 2.75) is 38.3 Å². The van der Waals surface area contributed by atoms with Crippen molar-refractivity contribution in [2.75, 3.05) is 46.9 Å². The number of rotatable bonds is 7. The molecule has 1 heterocycles. The first-order valence-corrected chi connectivity index (χ1v) is 6.77. The van der Waals surface area contributed by atoms with Crippen LogP contribution in [0, 0.1) is 0 Å². The predicted molar refractivity (Wildman–Crippen MR) is 72.3 cm³/mol. The van der Waals surface area contributed by atoms with Gasteiger partial charge in [-0.15, -0.1) is 0 Å². The minimum absolute atomic E-state index is 0.177. The van der Waals surface area contributed by atoms with Gasteiger partial charge in [0.2, 0.25) is 0 Å². The van der Waals surface area contributed by atoms with Crippen LogP contribution in [0.3, 0.4) is 0 Å². The summed E-state index contributed by atoms with van der Waals surface area (Å²) in [7, 11) is 4.06. The van der Waals surface area contributed by atoms with Crippen LogP contribution in [0.1, 0.15) is 26.7 Å². The third-order valence-electron chi connectivity index (χ3n) is 4.00. The minimum atomic E-state index is -0.190. The van der Waals surface area contributed by atoms with E-state index in [1.165, 1.54) is 19.4 Å². The molecule has 1 fully saturated rings. The van der Waals surface area contributed by atoms with Crippen molar-refractivity contribution in [3.63, 3.8) is 0 Å². The van der Waals surface area contributed by atoms with Crippen LogP contribution in [0.4, 0.5) is 0 Å². The summed E-state index contributed by atoms with van der Waals surface area (Å²) < 4.78 is 0. The van der Waals surface area contributed by atoms with Crippen molar-refractivity contribution >= 4 is 0 Å². The van der Waals surface area contributed by atoms with Gasteiger partial charge in [-0.1, -0.05) is 6.92 Å². The summed E-state index contributed by atoms with van der Waals surface area (Å²) in [6.45, 7) is 8.87. The standard InChI is InChI=1S/C13H29N3O/c1-5-16-8-6-7-12(16)9-15(4)10-13(2,11-17)14-3/h12,14,17H,5-11H2,1-4H3. The largest absolute Gasteiger partial charge is 0.394 e. The zero-order valence-corrected chi connectivity index (χ0v) is 11.9. The fourth-order valence-corrected chi connectivity index (χ4v) is 2.75. The molecule has 4 heteroatoms. The number of aliphatic hydroxyl groups excluding tert-OH is 1. The van der Waals surface area contributed by atoms with Crippen LogP contribution in [0.2, 0.25) is 0 Å². The molecule has 0 aromatic heterocycles. The number of nitrogens with one attached hydrogen (secondary N) is 1. The normalized spacial score (nSPS) is 25.4. The summed E-state index contributed by atoms with van der Waals surface area (Å²) in [5.74, 6) is 0. The van der Waals surface area contributed by atoms with Gasteiger partial charge >= 0.3 is 0 Å². The predicted octanol–water partition coefficient (Wildman–Crippen LogP) is 0.373. The lowest BCUT2D eigenvalue weighted by Crippen LogP contribution is -2.53. The molecule has 0 saturated carbocycles. The average Bonchev–Trinajstić information content (AvgIpc) is 2.75. The number of likely N-dealkylation sites (N-methyl/N-ethyl adjacent to an activating group) is 3. The molecule has 0 amide bonds. The third-order valence-corrected chi connectivity index (χ3v) is 4.00. The summed E-state index contributed by atoms with van der Waals surface area (Å²) in [5, 5.41) is 12.6. The molecule has 1 saturated heterocycles. The van der Waals surface area contributed by atoms with Gasteiger partial charge in [0.25, 0.3) is 0 Å². The third kappa shape index (κ3) is 4.21. The molecule has 2 atom stereocenters. The van der Waals surface area contributed by atoms with Gasteiger partial charge in [0, 0.05) is 19.1 Å². The SMILES string of the molecule is CCN1CCCC1CN(C)CC(C)(CO)NC. The fourth-order valence-electron chi connectivity index (χ4n) is 2.75. The maximum absolute atomic E-state index is 9.39. The molecular weight excluding hydrogens is 214 g/mol. The van der Waals surface area contributed by atoms with Gasteiger partial charge in [0.15, 0.2) is 0 Å². The van der Waals surface area contributed by atoms with Crippen molar-refractivity contribution in [2.24, 2.45) is 0 Å². The van der Waals surface area contributed by atoms with Crippen molar-refractivity contribution in [3.05, 3.63) is 0 Å². The Bertz CT molecular complexity index is 219. The summed E-state index contributed by atoms with van der Waals surface area (Å²) in [6, 6.07) is 0.699. The molecule has 102 valence electrons. The minimum Gasteiger partial charge on any atom is -0.394 e. The first-order valence-electron chi connectivity index (χ1n) is 6.77. The maximum Gasteiger partial charge on any atom is 0.0623 e. The van der Waals surface area contributed by atoms with Crippen molar-refractivity contribution in [1.29, 1.82) is 0 Å². The van der Waals surface area contributed by atoms with E-state index in [-0.39, 0.29) is 12.1 Å². The van der Waals surface area contributed by atoms with Crippen LogP contribution in [-0.4, -0.2) is 73.4 Å². The topological polar surface area (TPSA) is 38.7 Å². The summed E-state index contributed by atoms with van der Waals surface area (Å²) >= 11 is 0. The van der Waals surface area contributed by atoms with Gasteiger partial charge in [0.1, 0.15) is 0 Å². The molecule has 2 unspecified atom stereocenters. The van der Waals surface area contributed by atoms with E-state index in [0.29, 0.717) is 6.04 Å². The summed E-state index contributed by atoms with van der Waals surface area (Å²) in [4.78, 5) is 4.90. The van der Waals surface area contributed by atoms with E-state index >= 15 is 0 Å². The molecule has 1 aliphatic rings. The van der Waals surface area contributed by atoms with Gasteiger partial charge in [-0.3, -0.25) is 4.90 Å². The lowest BCUT2D eigenvalue weighted by atomic mass is 10.0. The van der Waals surface area contributed by atoms with E-state index in [4.69, 9.17) is 0 Å². The summed E-state index contributed by atoms with van der Waals surface area (Å²) in [6.07, 6.45) is 2.64. The van der Waals surface area contributed by atoms with E-state index in [0.717, 1.165) is 19.6 Å². The van der Waals surface area contributed by atoms with E-state index in [1.807, 2.05) is 7.05 Å². The Labute approximate surface area is 106 Å². The summed E-state index contributed by atoms with van der Waals surface area (Å²) in [5.41, 5.74) is -0.190. The highest BCUT2D eigenvalue weighted by atomic mass is 16.3. The molecule has 0 aromatic rings. The number of hydrogen-bond acceptors (Lipinski definition) is 4. The fraction of sp³-hybridized carbons (Fsp3) is 1.00. The van der Waals surface area contributed by atoms with Gasteiger partial charge in [-0.2, -0.15) is 0 Å². The van der Waals surface area contributed by atoms with E-state index < -0.39 is 0 Å². The smallest absolute Gasteiger partial charge is 0.0623 e. The van der Waals surface area contributed by atoms with Crippen LogP contribution >= 0.6 is 0 Å². The highest BCUT2D eigenvalue weighted by Gasteiger charge is 2.27. The lowest BCUT2D eigenvalue weighted by Gasteiger charge is -2.34. The Morgan fingerprint density at radius 2 is 2.24 bits per heavy atom. The zero-order valence-electron chi connectivity index (χ0n) is 11.9. The quantitative estimate of drug-likeness (QED) is 0.678. The van der Waals surface area contributed by atoms with Crippen molar-refractivity contribution in [3.8, 4) is 0 Å². The molecular formula is C13H29N3O. The molecule has 0 aromatic carbocycles. The number of likely N-dealkylation sites (tertiary alicyclic amines) is 1. The van der Waals surface area contributed by atoms with Crippen LogP contribution < -0.4 is 5.32 Å². The van der Waals surface area contributed by atoms with Gasteiger partial charge < -0.3 is 15.3 Å². The first-order chi connectivity index (χ1) is 8.04. The van der Waals surface area contributed by atoms with Crippen LogP contribution in [0.25, 0.3) is 0 Å². The molecule has 0 bridgehead atoms. The van der Waals surface area contributed by atoms with Gasteiger partial charge in [0.05, 0.1) is 12.1 Å². The average molecular weight is 243 g/mol. The monoisotopic (exact) mass is 243 g/mol. The zero-order chi connectivity index (χ0) is 12.9. The molecule has 0 radical (unpaired) electrons. The van der Waals surface area contributed by atoms with Crippen LogP contribution in [0.5, 0.6) is 0 Å². The Morgan fingerprint density at radius 1 is 1.53 bits per heavy atom.